The fourth-order valence-corrected chi connectivity index (χ4v) is 1.44. The van der Waals surface area contributed by atoms with Gasteiger partial charge in [-0.15, -0.1) is 0 Å². The number of H-pyrrole nitrogens is 1. The van der Waals surface area contributed by atoms with E-state index in [1.165, 1.54) is 0 Å². The molecule has 1 saturated carbocycles. The van der Waals surface area contributed by atoms with Crippen molar-refractivity contribution in [3.63, 3.8) is 0 Å². The Morgan fingerprint density at radius 3 is 2.91 bits per heavy atom. The molecule has 0 atom stereocenters. The van der Waals surface area contributed by atoms with Crippen LogP contribution in [0.5, 0.6) is 0 Å². The first-order valence-electron chi connectivity index (χ1n) is 3.66. The molecule has 0 amide bonds. The molecule has 0 unspecified atom stereocenters. The summed E-state index contributed by atoms with van der Waals surface area (Å²) in [6, 6.07) is 0. The van der Waals surface area contributed by atoms with Crippen LogP contribution < -0.4 is 5.73 Å². The molecule has 0 spiro atoms. The van der Waals surface area contributed by atoms with Gasteiger partial charge in [-0.2, -0.15) is 5.10 Å². The lowest BCUT2D eigenvalue weighted by Gasteiger charge is -2.05. The smallest absolute Gasteiger partial charge is 0.0632 e. The fraction of sp³-hybridized carbons (Fsp3) is 0.571. The maximum Gasteiger partial charge on any atom is 0.0632 e. The van der Waals surface area contributed by atoms with Gasteiger partial charge in [0.1, 0.15) is 0 Å². The molecule has 0 bridgehead atoms. The third-order valence-electron chi connectivity index (χ3n) is 2.09. The first kappa shape index (κ1) is 7.31. The molecule has 1 aliphatic carbocycles. The highest BCUT2D eigenvalue weighted by Gasteiger charge is 2.38. The van der Waals surface area contributed by atoms with Crippen molar-refractivity contribution in [2.75, 3.05) is 0 Å². The number of nitrogens with one attached hydrogen (secondary N) is 1. The summed E-state index contributed by atoms with van der Waals surface area (Å²) in [5, 5.41) is 6.83. The first-order chi connectivity index (χ1) is 5.20. The molecule has 3 N–H and O–H groups in total. The highest BCUT2D eigenvalue weighted by Crippen LogP contribution is 2.36. The number of aromatic amines is 1. The zero-order chi connectivity index (χ0) is 7.90. The maximum absolute atomic E-state index is 5.94. The van der Waals surface area contributed by atoms with Crippen LogP contribution in [0.25, 0.3) is 0 Å². The van der Waals surface area contributed by atoms with E-state index >= 15 is 0 Å². The number of hydrogen-bond acceptors (Lipinski definition) is 2. The summed E-state index contributed by atoms with van der Waals surface area (Å²) in [6.07, 6.45) is 4.95. The molecule has 0 saturated heterocycles. The van der Waals surface area contributed by atoms with Gasteiger partial charge >= 0.3 is 0 Å². The third kappa shape index (κ3) is 1.46. The van der Waals surface area contributed by atoms with Crippen LogP contribution >= 0.6 is 15.9 Å². The summed E-state index contributed by atoms with van der Waals surface area (Å²) in [4.78, 5) is 0. The van der Waals surface area contributed by atoms with Crippen molar-refractivity contribution in [1.82, 2.24) is 10.2 Å². The number of halogens is 1. The van der Waals surface area contributed by atoms with Gasteiger partial charge in [0.15, 0.2) is 0 Å². The third-order valence-corrected chi connectivity index (χ3v) is 2.77. The Morgan fingerprint density at radius 1 is 1.73 bits per heavy atom. The number of hydrogen-bond donors (Lipinski definition) is 2. The molecule has 0 aromatic carbocycles. The van der Waals surface area contributed by atoms with E-state index in [0.717, 1.165) is 29.4 Å². The topological polar surface area (TPSA) is 54.7 Å². The van der Waals surface area contributed by atoms with Crippen molar-refractivity contribution in [3.05, 3.63) is 16.4 Å². The van der Waals surface area contributed by atoms with E-state index in [4.69, 9.17) is 5.73 Å². The highest BCUT2D eigenvalue weighted by atomic mass is 79.9. The normalized spacial score (nSPS) is 20.2. The van der Waals surface area contributed by atoms with Gasteiger partial charge in [-0.3, -0.25) is 5.10 Å². The molecule has 3 nitrogen and oxygen atoms in total. The van der Waals surface area contributed by atoms with Gasteiger partial charge in [-0.05, 0) is 28.8 Å². The lowest BCUT2D eigenvalue weighted by atomic mass is 10.1. The van der Waals surface area contributed by atoms with E-state index in [0.29, 0.717) is 0 Å². The minimum Gasteiger partial charge on any atom is -0.325 e. The minimum atomic E-state index is 0.0645. The lowest BCUT2D eigenvalue weighted by molar-refractivity contribution is 0.656. The molecule has 0 radical (unpaired) electrons. The Morgan fingerprint density at radius 2 is 2.45 bits per heavy atom. The Hall–Kier alpha value is -0.350. The van der Waals surface area contributed by atoms with E-state index in [2.05, 4.69) is 26.1 Å². The summed E-state index contributed by atoms with van der Waals surface area (Å²) in [5.41, 5.74) is 7.12. The van der Waals surface area contributed by atoms with E-state index in [9.17, 15) is 0 Å². The molecule has 1 aromatic heterocycles. The predicted molar refractivity (Wildman–Crippen MR) is 46.1 cm³/mol. The van der Waals surface area contributed by atoms with E-state index in [1.807, 2.05) is 0 Å². The molecule has 1 aliphatic rings. The molecule has 1 fully saturated rings. The molecular weight excluding hydrogens is 206 g/mol. The van der Waals surface area contributed by atoms with Crippen LogP contribution in [0, 0.1) is 0 Å². The van der Waals surface area contributed by atoms with E-state index < -0.39 is 0 Å². The summed E-state index contributed by atoms with van der Waals surface area (Å²) < 4.78 is 1.04. The molecule has 4 heteroatoms. The lowest BCUT2D eigenvalue weighted by Crippen LogP contribution is -2.24. The number of rotatable bonds is 2. The summed E-state index contributed by atoms with van der Waals surface area (Å²) >= 11 is 3.40. The summed E-state index contributed by atoms with van der Waals surface area (Å²) in [7, 11) is 0. The second-order valence-electron chi connectivity index (χ2n) is 3.24. The van der Waals surface area contributed by atoms with Crippen LogP contribution in [0.15, 0.2) is 10.7 Å². The second kappa shape index (κ2) is 2.32. The van der Waals surface area contributed by atoms with Gasteiger partial charge in [0.25, 0.3) is 0 Å². The molecule has 11 heavy (non-hydrogen) atoms. The number of nitrogens with zero attached hydrogens (tertiary/aromatic N) is 1. The standard InChI is InChI=1S/C7H10BrN3/c8-5-4-10-11-6(5)3-7(9)1-2-7/h4H,1-3,9H2,(H,10,11). The van der Waals surface area contributed by atoms with Crippen molar-refractivity contribution in [2.24, 2.45) is 5.73 Å². The van der Waals surface area contributed by atoms with Gasteiger partial charge in [-0.25, -0.2) is 0 Å². The molecule has 60 valence electrons. The van der Waals surface area contributed by atoms with Crippen molar-refractivity contribution >= 4 is 15.9 Å². The van der Waals surface area contributed by atoms with Gasteiger partial charge in [0, 0.05) is 12.0 Å². The SMILES string of the molecule is NC1(Cc2[nH]ncc2Br)CC1. The van der Waals surface area contributed by atoms with Crippen molar-refractivity contribution in [3.8, 4) is 0 Å². The maximum atomic E-state index is 5.94. The van der Waals surface area contributed by atoms with Crippen LogP contribution in [0.1, 0.15) is 18.5 Å². The fourth-order valence-electron chi connectivity index (χ4n) is 1.11. The minimum absolute atomic E-state index is 0.0645. The molecule has 1 aromatic rings. The predicted octanol–water partition coefficient (Wildman–Crippen LogP) is 1.21. The van der Waals surface area contributed by atoms with Crippen LogP contribution in [-0.4, -0.2) is 15.7 Å². The van der Waals surface area contributed by atoms with Crippen LogP contribution in [0.3, 0.4) is 0 Å². The van der Waals surface area contributed by atoms with Crippen molar-refractivity contribution in [1.29, 1.82) is 0 Å². The monoisotopic (exact) mass is 215 g/mol. The second-order valence-corrected chi connectivity index (χ2v) is 4.09. The quantitative estimate of drug-likeness (QED) is 0.780. The van der Waals surface area contributed by atoms with Gasteiger partial charge in [0.2, 0.25) is 0 Å². The average molecular weight is 216 g/mol. The van der Waals surface area contributed by atoms with Crippen LogP contribution in [0.4, 0.5) is 0 Å². The number of aromatic nitrogens is 2. The zero-order valence-corrected chi connectivity index (χ0v) is 7.69. The Bertz CT molecular complexity index is 264. The van der Waals surface area contributed by atoms with Gasteiger partial charge in [-0.1, -0.05) is 0 Å². The summed E-state index contributed by atoms with van der Waals surface area (Å²) in [6.45, 7) is 0. The van der Waals surface area contributed by atoms with Crippen LogP contribution in [0.2, 0.25) is 0 Å². The Labute approximate surface area is 73.5 Å². The van der Waals surface area contributed by atoms with E-state index in [-0.39, 0.29) is 5.54 Å². The van der Waals surface area contributed by atoms with Crippen molar-refractivity contribution < 1.29 is 0 Å². The Balaban J connectivity index is 2.12. The average Bonchev–Trinajstić information content (AvgIpc) is 2.54. The Kier molecular flexibility index (Phi) is 1.54. The zero-order valence-electron chi connectivity index (χ0n) is 6.10. The number of nitrogens with two attached hydrogens (primary N) is 1. The molecular formula is C7H10BrN3. The summed E-state index contributed by atoms with van der Waals surface area (Å²) in [5.74, 6) is 0. The highest BCUT2D eigenvalue weighted by molar-refractivity contribution is 9.10. The molecule has 0 aliphatic heterocycles. The van der Waals surface area contributed by atoms with Crippen molar-refractivity contribution in [2.45, 2.75) is 24.8 Å². The molecule has 1 heterocycles. The van der Waals surface area contributed by atoms with Gasteiger partial charge in [0.05, 0.1) is 16.4 Å². The van der Waals surface area contributed by atoms with Crippen LogP contribution in [-0.2, 0) is 6.42 Å². The first-order valence-corrected chi connectivity index (χ1v) is 4.46. The largest absolute Gasteiger partial charge is 0.325 e. The molecule has 2 rings (SSSR count). The van der Waals surface area contributed by atoms with Gasteiger partial charge < -0.3 is 5.73 Å². The van der Waals surface area contributed by atoms with E-state index in [1.54, 1.807) is 6.20 Å².